The predicted octanol–water partition coefficient (Wildman–Crippen LogP) is 1.82. The van der Waals surface area contributed by atoms with Gasteiger partial charge in [-0.05, 0) is 12.0 Å². The summed E-state index contributed by atoms with van der Waals surface area (Å²) >= 11 is 0. The maximum atomic E-state index is 10.1. The Kier molecular flexibility index (Phi) is 2.17. The summed E-state index contributed by atoms with van der Waals surface area (Å²) in [5.41, 5.74) is 0.902. The van der Waals surface area contributed by atoms with Crippen molar-refractivity contribution in [3.63, 3.8) is 0 Å². The molecular weight excluding hydrogens is 124 g/mol. The molecular formula is C9H10O. The molecule has 0 amide bonds. The van der Waals surface area contributed by atoms with E-state index in [1.54, 1.807) is 0 Å². The van der Waals surface area contributed by atoms with E-state index in [-0.39, 0.29) is 6.42 Å². The number of hydrogen-bond acceptors (Lipinski definition) is 1. The van der Waals surface area contributed by atoms with E-state index < -0.39 is 6.40 Å². The molecule has 0 saturated heterocycles. The average Bonchev–Trinajstić information content (AvgIpc) is 2.07. The van der Waals surface area contributed by atoms with Crippen LogP contribution in [0.4, 0.5) is 0 Å². The van der Waals surface area contributed by atoms with Gasteiger partial charge in [0.05, 0.1) is 0 Å². The minimum Gasteiger partial charge on any atom is -0.303 e. The summed E-state index contributed by atoms with van der Waals surface area (Å²) in [6, 6.07) is 9.38. The number of aldehydes is 1. The first-order chi connectivity index (χ1) is 5.34. The van der Waals surface area contributed by atoms with Crippen LogP contribution < -0.4 is 0 Å². The maximum Gasteiger partial charge on any atom is 0.120 e. The highest BCUT2D eigenvalue weighted by Crippen LogP contribution is 1.99. The van der Waals surface area contributed by atoms with Crippen molar-refractivity contribution in [1.29, 1.82) is 0 Å². The standard InChI is InChI=1S/C9H10O/c10-8-4-7-9-5-2-1-3-6-9/h1-3,5-6,8H,4,7H2/i7D/t7-/m1/s1. The largest absolute Gasteiger partial charge is 0.303 e. The molecule has 0 aromatic heterocycles. The van der Waals surface area contributed by atoms with Gasteiger partial charge in [-0.2, -0.15) is 0 Å². The van der Waals surface area contributed by atoms with E-state index in [1.165, 1.54) is 0 Å². The minimum absolute atomic E-state index is 0.282. The van der Waals surface area contributed by atoms with Crippen molar-refractivity contribution in [2.45, 2.75) is 12.8 Å². The zero-order chi connectivity index (χ0) is 8.10. The van der Waals surface area contributed by atoms with Crippen LogP contribution in [-0.2, 0) is 11.2 Å². The van der Waals surface area contributed by atoms with Crippen LogP contribution in [0.5, 0.6) is 0 Å². The first-order valence-corrected chi connectivity index (χ1v) is 3.25. The van der Waals surface area contributed by atoms with E-state index in [0.717, 1.165) is 11.8 Å². The molecule has 0 fully saturated rings. The third kappa shape index (κ3) is 2.02. The van der Waals surface area contributed by atoms with Crippen LogP contribution in [0.1, 0.15) is 13.4 Å². The van der Waals surface area contributed by atoms with Crippen LogP contribution in [0.2, 0.25) is 0 Å². The monoisotopic (exact) mass is 135 g/mol. The summed E-state index contributed by atoms with van der Waals surface area (Å²) in [4.78, 5) is 10.1. The second-order valence-electron chi connectivity index (χ2n) is 2.02. The van der Waals surface area contributed by atoms with Gasteiger partial charge >= 0.3 is 0 Å². The molecule has 0 bridgehead atoms. The van der Waals surface area contributed by atoms with E-state index in [1.807, 2.05) is 30.3 Å². The molecule has 1 rings (SSSR count). The third-order valence-electron chi connectivity index (χ3n) is 1.25. The summed E-state index contributed by atoms with van der Waals surface area (Å²) in [7, 11) is 0. The summed E-state index contributed by atoms with van der Waals surface area (Å²) < 4.78 is 7.48. The lowest BCUT2D eigenvalue weighted by molar-refractivity contribution is -0.107. The fraction of sp³-hybridized carbons (Fsp3) is 0.222. The van der Waals surface area contributed by atoms with Crippen LogP contribution >= 0.6 is 0 Å². The molecule has 0 unspecified atom stereocenters. The third-order valence-corrected chi connectivity index (χ3v) is 1.25. The highest BCUT2D eigenvalue weighted by Gasteiger charge is 1.87. The minimum atomic E-state index is -0.395. The molecule has 1 aromatic carbocycles. The van der Waals surface area contributed by atoms with Crippen molar-refractivity contribution in [3.05, 3.63) is 35.9 Å². The molecule has 1 aromatic rings. The number of benzene rings is 1. The van der Waals surface area contributed by atoms with Crippen molar-refractivity contribution in [3.8, 4) is 0 Å². The zero-order valence-corrected chi connectivity index (χ0v) is 5.66. The van der Waals surface area contributed by atoms with Crippen LogP contribution in [-0.4, -0.2) is 6.29 Å². The molecule has 52 valence electrons. The van der Waals surface area contributed by atoms with Crippen molar-refractivity contribution in [2.75, 3.05) is 0 Å². The first kappa shape index (κ1) is 5.66. The molecule has 0 aliphatic heterocycles. The normalized spacial score (nSPS) is 13.8. The molecule has 0 aliphatic carbocycles. The van der Waals surface area contributed by atoms with Gasteiger partial charge in [0.2, 0.25) is 0 Å². The first-order valence-electron chi connectivity index (χ1n) is 3.83. The lowest BCUT2D eigenvalue weighted by Gasteiger charge is -1.93. The molecule has 1 atom stereocenters. The van der Waals surface area contributed by atoms with Gasteiger partial charge < -0.3 is 4.79 Å². The van der Waals surface area contributed by atoms with Crippen LogP contribution in [0.3, 0.4) is 0 Å². The predicted molar refractivity (Wildman–Crippen MR) is 40.8 cm³/mol. The van der Waals surface area contributed by atoms with Crippen molar-refractivity contribution < 1.29 is 6.17 Å². The van der Waals surface area contributed by atoms with Crippen LogP contribution in [0.15, 0.2) is 30.3 Å². The molecule has 10 heavy (non-hydrogen) atoms. The Hall–Kier alpha value is -1.11. The summed E-state index contributed by atoms with van der Waals surface area (Å²) in [6.07, 6.45) is 0.669. The molecule has 0 radical (unpaired) electrons. The fourth-order valence-corrected chi connectivity index (χ4v) is 0.773. The van der Waals surface area contributed by atoms with Gasteiger partial charge in [0.15, 0.2) is 0 Å². The number of carbonyl (C=O) groups excluding carboxylic acids is 1. The second kappa shape index (κ2) is 3.83. The topological polar surface area (TPSA) is 17.1 Å². The Balaban J connectivity index is 2.68. The molecule has 0 spiro atoms. The fourth-order valence-electron chi connectivity index (χ4n) is 0.773. The smallest absolute Gasteiger partial charge is 0.120 e. The second-order valence-corrected chi connectivity index (χ2v) is 2.02. The lowest BCUT2D eigenvalue weighted by atomic mass is 10.1. The Morgan fingerprint density at radius 1 is 1.40 bits per heavy atom. The summed E-state index contributed by atoms with van der Waals surface area (Å²) in [6.45, 7) is 0. The molecule has 0 N–H and O–H groups in total. The average molecular weight is 135 g/mol. The zero-order valence-electron chi connectivity index (χ0n) is 6.66. The molecule has 1 heteroatoms. The van der Waals surface area contributed by atoms with E-state index in [9.17, 15) is 4.79 Å². The number of carbonyl (C=O) groups is 1. The van der Waals surface area contributed by atoms with Gasteiger partial charge in [0.25, 0.3) is 0 Å². The van der Waals surface area contributed by atoms with Crippen LogP contribution in [0.25, 0.3) is 0 Å². The van der Waals surface area contributed by atoms with Gasteiger partial charge in [-0.25, -0.2) is 0 Å². The summed E-state index contributed by atoms with van der Waals surface area (Å²) in [5.74, 6) is 0. The Bertz CT molecular complexity index is 220. The maximum absolute atomic E-state index is 10.1. The molecule has 0 heterocycles. The van der Waals surface area contributed by atoms with Crippen molar-refractivity contribution >= 4 is 6.29 Å². The number of aryl methyl sites for hydroxylation is 1. The Morgan fingerprint density at radius 2 is 2.10 bits per heavy atom. The number of hydrogen-bond donors (Lipinski definition) is 0. The molecule has 0 saturated carbocycles. The van der Waals surface area contributed by atoms with E-state index >= 15 is 0 Å². The van der Waals surface area contributed by atoms with E-state index in [4.69, 9.17) is 1.37 Å². The molecule has 0 aliphatic rings. The van der Waals surface area contributed by atoms with Gasteiger partial charge in [-0.15, -0.1) is 0 Å². The summed E-state index contributed by atoms with van der Waals surface area (Å²) in [5, 5.41) is 0. The Labute approximate surface area is 62.1 Å². The number of rotatable bonds is 3. The quantitative estimate of drug-likeness (QED) is 0.578. The van der Waals surface area contributed by atoms with Gasteiger partial charge in [0, 0.05) is 7.79 Å². The van der Waals surface area contributed by atoms with Crippen molar-refractivity contribution in [1.82, 2.24) is 0 Å². The lowest BCUT2D eigenvalue weighted by Crippen LogP contribution is -1.83. The molecule has 1 nitrogen and oxygen atoms in total. The van der Waals surface area contributed by atoms with Gasteiger partial charge in [0.1, 0.15) is 6.29 Å². The van der Waals surface area contributed by atoms with E-state index in [0.29, 0.717) is 0 Å². The van der Waals surface area contributed by atoms with Gasteiger partial charge in [-0.3, -0.25) is 0 Å². The van der Waals surface area contributed by atoms with Crippen LogP contribution in [0, 0.1) is 0 Å². The van der Waals surface area contributed by atoms with Crippen molar-refractivity contribution in [2.24, 2.45) is 0 Å². The highest BCUT2D eigenvalue weighted by atomic mass is 16.1. The van der Waals surface area contributed by atoms with Gasteiger partial charge in [-0.1, -0.05) is 30.3 Å². The van der Waals surface area contributed by atoms with E-state index in [2.05, 4.69) is 0 Å². The SMILES string of the molecule is [2H][C@H](CC=O)c1ccccc1. The highest BCUT2D eigenvalue weighted by molar-refractivity contribution is 5.49. The Morgan fingerprint density at radius 3 is 2.70 bits per heavy atom.